The molecule has 0 aliphatic rings. The number of rotatable bonds is 2. The predicted octanol–water partition coefficient (Wildman–Crippen LogP) is 0.0863. The van der Waals surface area contributed by atoms with Gasteiger partial charge in [-0.3, -0.25) is 9.78 Å². The number of sulfone groups is 1. The van der Waals surface area contributed by atoms with Crippen molar-refractivity contribution in [1.82, 2.24) is 9.97 Å². The Morgan fingerprint density at radius 1 is 1.53 bits per heavy atom. The van der Waals surface area contributed by atoms with Gasteiger partial charge in [-0.25, -0.2) is 18.2 Å². The van der Waals surface area contributed by atoms with Crippen LogP contribution >= 0.6 is 11.3 Å². The standard InChI is InChI=1S/C8H6N2O5S2/c1-17(14,15)8-9-5(11)4-3(7(12)13)2-16-6(4)10-8/h2H,1H3,(H,12,13)(H,9,10,11). The number of carboxylic acid groups (broad SMARTS) is 1. The molecule has 0 amide bonds. The number of H-pyrrole nitrogens is 1. The molecule has 0 saturated heterocycles. The maximum absolute atomic E-state index is 11.6. The summed E-state index contributed by atoms with van der Waals surface area (Å²) in [4.78, 5) is 28.3. The van der Waals surface area contributed by atoms with E-state index in [1.807, 2.05) is 0 Å². The summed E-state index contributed by atoms with van der Waals surface area (Å²) in [5.41, 5.74) is -0.951. The molecule has 2 aromatic heterocycles. The minimum atomic E-state index is -3.64. The zero-order valence-corrected chi connectivity index (χ0v) is 10.1. The van der Waals surface area contributed by atoms with Crippen molar-refractivity contribution in [3.8, 4) is 0 Å². The highest BCUT2D eigenvalue weighted by atomic mass is 32.2. The fraction of sp³-hybridized carbons (Fsp3) is 0.125. The molecule has 0 saturated carbocycles. The van der Waals surface area contributed by atoms with Crippen LogP contribution in [0.4, 0.5) is 0 Å². The smallest absolute Gasteiger partial charge is 0.337 e. The summed E-state index contributed by atoms with van der Waals surface area (Å²) in [6.07, 6.45) is 0.906. The number of aromatic amines is 1. The third-order valence-electron chi connectivity index (χ3n) is 2.00. The Kier molecular flexibility index (Phi) is 2.51. The molecule has 2 aromatic rings. The number of hydrogen-bond donors (Lipinski definition) is 2. The van der Waals surface area contributed by atoms with Gasteiger partial charge in [-0.05, 0) is 0 Å². The van der Waals surface area contributed by atoms with E-state index in [1.54, 1.807) is 0 Å². The summed E-state index contributed by atoms with van der Waals surface area (Å²) >= 11 is 0.910. The summed E-state index contributed by atoms with van der Waals surface area (Å²) in [5.74, 6) is -1.25. The fourth-order valence-corrected chi connectivity index (χ4v) is 2.77. The van der Waals surface area contributed by atoms with Gasteiger partial charge in [0.2, 0.25) is 15.0 Å². The van der Waals surface area contributed by atoms with Crippen LogP contribution in [0.15, 0.2) is 15.3 Å². The van der Waals surface area contributed by atoms with Crippen LogP contribution in [0.5, 0.6) is 0 Å². The minimum absolute atomic E-state index is 0.0894. The maximum atomic E-state index is 11.6. The van der Waals surface area contributed by atoms with Crippen LogP contribution in [0.25, 0.3) is 10.2 Å². The van der Waals surface area contributed by atoms with Crippen LogP contribution in [0.2, 0.25) is 0 Å². The van der Waals surface area contributed by atoms with Crippen LogP contribution in [-0.2, 0) is 9.84 Å². The van der Waals surface area contributed by atoms with Crippen molar-refractivity contribution in [2.24, 2.45) is 0 Å². The van der Waals surface area contributed by atoms with E-state index in [-0.39, 0.29) is 15.8 Å². The van der Waals surface area contributed by atoms with E-state index < -0.39 is 26.5 Å². The van der Waals surface area contributed by atoms with Gasteiger partial charge in [-0.2, -0.15) is 0 Å². The Morgan fingerprint density at radius 2 is 2.18 bits per heavy atom. The lowest BCUT2D eigenvalue weighted by Gasteiger charge is -1.97. The number of nitrogens with zero attached hydrogens (tertiary/aromatic N) is 1. The molecule has 0 aliphatic heterocycles. The van der Waals surface area contributed by atoms with E-state index >= 15 is 0 Å². The zero-order valence-electron chi connectivity index (χ0n) is 8.42. The van der Waals surface area contributed by atoms with E-state index in [1.165, 1.54) is 5.38 Å². The van der Waals surface area contributed by atoms with Gasteiger partial charge in [0.05, 0.1) is 10.9 Å². The number of carboxylic acids is 1. The van der Waals surface area contributed by atoms with Gasteiger partial charge < -0.3 is 5.11 Å². The number of hydrogen-bond acceptors (Lipinski definition) is 6. The van der Waals surface area contributed by atoms with Gasteiger partial charge in [-0.1, -0.05) is 0 Å². The van der Waals surface area contributed by atoms with Crippen molar-refractivity contribution in [2.75, 3.05) is 6.26 Å². The molecule has 0 aromatic carbocycles. The minimum Gasteiger partial charge on any atom is -0.478 e. The highest BCUT2D eigenvalue weighted by Crippen LogP contribution is 2.21. The van der Waals surface area contributed by atoms with Crippen molar-refractivity contribution in [3.05, 3.63) is 21.3 Å². The monoisotopic (exact) mass is 274 g/mol. The highest BCUT2D eigenvalue weighted by molar-refractivity contribution is 7.90. The third-order valence-corrected chi connectivity index (χ3v) is 3.77. The quantitative estimate of drug-likeness (QED) is 0.749. The van der Waals surface area contributed by atoms with E-state index in [2.05, 4.69) is 9.97 Å². The summed E-state index contributed by atoms with van der Waals surface area (Å²) in [6.45, 7) is 0. The lowest BCUT2D eigenvalue weighted by molar-refractivity contribution is 0.0699. The maximum Gasteiger partial charge on any atom is 0.337 e. The molecule has 0 unspecified atom stereocenters. The zero-order chi connectivity index (χ0) is 12.8. The number of fused-ring (bicyclic) bond motifs is 1. The first kappa shape index (κ1) is 11.7. The van der Waals surface area contributed by atoms with Gasteiger partial charge in [0.1, 0.15) is 4.83 Å². The number of aromatic carboxylic acids is 1. The summed E-state index contributed by atoms with van der Waals surface area (Å²) < 4.78 is 22.5. The molecule has 0 fully saturated rings. The summed E-state index contributed by atoms with van der Waals surface area (Å²) in [7, 11) is -3.64. The van der Waals surface area contributed by atoms with Gasteiger partial charge in [0.25, 0.3) is 5.56 Å². The molecule has 2 rings (SSSR count). The molecular weight excluding hydrogens is 268 g/mol. The van der Waals surface area contributed by atoms with E-state index in [0.29, 0.717) is 0 Å². The molecule has 0 atom stereocenters. The second kappa shape index (κ2) is 3.64. The second-order valence-electron chi connectivity index (χ2n) is 3.28. The number of carbonyl (C=O) groups is 1. The molecule has 90 valence electrons. The van der Waals surface area contributed by atoms with E-state index in [9.17, 15) is 18.0 Å². The first-order chi connectivity index (χ1) is 7.80. The Bertz CT molecular complexity index is 771. The lowest BCUT2D eigenvalue weighted by atomic mass is 10.2. The van der Waals surface area contributed by atoms with Crippen LogP contribution in [-0.4, -0.2) is 35.7 Å². The number of nitrogens with one attached hydrogen (secondary N) is 1. The van der Waals surface area contributed by atoms with Crippen LogP contribution in [0, 0.1) is 0 Å². The molecular formula is C8H6N2O5S2. The van der Waals surface area contributed by atoms with Crippen molar-refractivity contribution in [2.45, 2.75) is 5.16 Å². The van der Waals surface area contributed by atoms with E-state index in [0.717, 1.165) is 17.6 Å². The van der Waals surface area contributed by atoms with Crippen LogP contribution < -0.4 is 5.56 Å². The lowest BCUT2D eigenvalue weighted by Crippen LogP contribution is -2.15. The Morgan fingerprint density at radius 3 is 2.71 bits per heavy atom. The van der Waals surface area contributed by atoms with Crippen molar-refractivity contribution in [1.29, 1.82) is 0 Å². The molecule has 2 N–H and O–H groups in total. The van der Waals surface area contributed by atoms with Gasteiger partial charge in [0, 0.05) is 11.6 Å². The topological polar surface area (TPSA) is 117 Å². The SMILES string of the molecule is CS(=O)(=O)c1nc2scc(C(=O)O)c2c(=O)[nH]1. The first-order valence-corrected chi connectivity index (χ1v) is 7.02. The molecule has 0 radical (unpaired) electrons. The number of thiophene rings is 1. The van der Waals surface area contributed by atoms with Gasteiger partial charge >= 0.3 is 5.97 Å². The highest BCUT2D eigenvalue weighted by Gasteiger charge is 2.19. The van der Waals surface area contributed by atoms with Crippen molar-refractivity contribution in [3.63, 3.8) is 0 Å². The van der Waals surface area contributed by atoms with E-state index in [4.69, 9.17) is 5.11 Å². The normalized spacial score (nSPS) is 11.8. The Labute approximate surface area is 98.7 Å². The molecule has 0 spiro atoms. The molecule has 0 bridgehead atoms. The summed E-state index contributed by atoms with van der Waals surface area (Å²) in [5, 5.41) is 9.52. The Balaban J connectivity index is 2.89. The first-order valence-electron chi connectivity index (χ1n) is 4.25. The van der Waals surface area contributed by atoms with Gasteiger partial charge in [0.15, 0.2) is 0 Å². The molecule has 17 heavy (non-hydrogen) atoms. The summed E-state index contributed by atoms with van der Waals surface area (Å²) in [6, 6.07) is 0. The third kappa shape index (κ3) is 1.94. The fourth-order valence-electron chi connectivity index (χ4n) is 1.26. The van der Waals surface area contributed by atoms with Crippen LogP contribution in [0.3, 0.4) is 0 Å². The predicted molar refractivity (Wildman–Crippen MR) is 60.3 cm³/mol. The van der Waals surface area contributed by atoms with Crippen LogP contribution in [0.1, 0.15) is 10.4 Å². The average molecular weight is 274 g/mol. The molecule has 2 heterocycles. The number of aromatic nitrogens is 2. The average Bonchev–Trinajstić information content (AvgIpc) is 2.60. The van der Waals surface area contributed by atoms with Gasteiger partial charge in [-0.15, -0.1) is 11.3 Å². The molecule has 0 aliphatic carbocycles. The largest absolute Gasteiger partial charge is 0.478 e. The molecule has 7 nitrogen and oxygen atoms in total. The second-order valence-corrected chi connectivity index (χ2v) is 6.07. The van der Waals surface area contributed by atoms with Crippen molar-refractivity contribution >= 4 is 37.4 Å². The van der Waals surface area contributed by atoms with Crippen molar-refractivity contribution < 1.29 is 18.3 Å². The molecule has 9 heteroatoms. The Hall–Kier alpha value is -1.74.